The van der Waals surface area contributed by atoms with E-state index < -0.39 is 11.7 Å². The van der Waals surface area contributed by atoms with Crippen molar-refractivity contribution in [1.82, 2.24) is 0 Å². The summed E-state index contributed by atoms with van der Waals surface area (Å²) in [7, 11) is 1.71. The Hall–Kier alpha value is -4.24. The molecule has 0 radical (unpaired) electrons. The van der Waals surface area contributed by atoms with Crippen molar-refractivity contribution in [2.45, 2.75) is 53.6 Å². The fourth-order valence-electron chi connectivity index (χ4n) is 5.05. The molecule has 2 atom stereocenters. The number of hydrogen-bond acceptors (Lipinski definition) is 2. The topological polar surface area (TPSA) is 24.7 Å². The number of alkyl halides is 3. The second kappa shape index (κ2) is 14.8. The minimum absolute atomic E-state index is 0.0465. The summed E-state index contributed by atoms with van der Waals surface area (Å²) in [5.41, 5.74) is 4.58. The third kappa shape index (κ3) is 8.41. The maximum atomic E-state index is 14.5. The average molecular weight is 587 g/mol. The van der Waals surface area contributed by atoms with Crippen LogP contribution in [0.5, 0.6) is 0 Å². The molecule has 224 valence electrons. The Morgan fingerprint density at radius 3 is 2.28 bits per heavy atom. The SMILES string of the molecule is C#Cc1ccc(-c2ccc(CC(C)/C=C3/N=C(c4ccccc4F)C=C(C)C3C=NC)cc2C)c(C(F)(F)F)c1.CCC. The average Bonchev–Trinajstić information content (AvgIpc) is 2.95. The number of dihydropyridines is 1. The molecule has 2 unspecified atom stereocenters. The second-order valence-corrected chi connectivity index (χ2v) is 10.8. The van der Waals surface area contributed by atoms with Crippen LogP contribution in [-0.4, -0.2) is 19.0 Å². The molecule has 0 aromatic heterocycles. The lowest BCUT2D eigenvalue weighted by Crippen LogP contribution is -2.17. The van der Waals surface area contributed by atoms with Crippen molar-refractivity contribution >= 4 is 11.9 Å². The van der Waals surface area contributed by atoms with E-state index in [0.29, 0.717) is 23.3 Å². The van der Waals surface area contributed by atoms with Crippen LogP contribution in [0.2, 0.25) is 0 Å². The van der Waals surface area contributed by atoms with E-state index in [-0.39, 0.29) is 28.8 Å². The van der Waals surface area contributed by atoms with Crippen LogP contribution in [0.3, 0.4) is 0 Å². The first-order chi connectivity index (χ1) is 20.4. The molecule has 6 heteroatoms. The quantitative estimate of drug-likeness (QED) is 0.156. The van der Waals surface area contributed by atoms with Gasteiger partial charge in [-0.25, -0.2) is 4.39 Å². The van der Waals surface area contributed by atoms with Gasteiger partial charge >= 0.3 is 6.18 Å². The highest BCUT2D eigenvalue weighted by molar-refractivity contribution is 6.11. The lowest BCUT2D eigenvalue weighted by molar-refractivity contribution is -0.137. The molecular formula is C37H38F4N2. The molecule has 0 spiro atoms. The number of allylic oxidation sites excluding steroid dienone is 3. The van der Waals surface area contributed by atoms with Crippen LogP contribution in [0, 0.1) is 36.9 Å². The number of rotatable bonds is 6. The number of halogens is 4. The summed E-state index contributed by atoms with van der Waals surface area (Å²) in [6.07, 6.45) is 8.49. The summed E-state index contributed by atoms with van der Waals surface area (Å²) in [6.45, 7) is 10.1. The second-order valence-electron chi connectivity index (χ2n) is 10.8. The van der Waals surface area contributed by atoms with Crippen molar-refractivity contribution in [3.63, 3.8) is 0 Å². The van der Waals surface area contributed by atoms with Gasteiger partial charge in [0.2, 0.25) is 0 Å². The van der Waals surface area contributed by atoms with E-state index in [4.69, 9.17) is 11.4 Å². The zero-order chi connectivity index (χ0) is 31.7. The number of hydrogen-bond donors (Lipinski definition) is 0. The van der Waals surface area contributed by atoms with Gasteiger partial charge in [-0.3, -0.25) is 9.98 Å². The molecule has 0 bridgehead atoms. The molecule has 0 saturated heterocycles. The molecule has 1 aliphatic heterocycles. The van der Waals surface area contributed by atoms with Gasteiger partial charge in [-0.1, -0.05) is 81.2 Å². The van der Waals surface area contributed by atoms with Crippen molar-refractivity contribution < 1.29 is 17.6 Å². The lowest BCUT2D eigenvalue weighted by Gasteiger charge is -2.22. The van der Waals surface area contributed by atoms with Gasteiger partial charge < -0.3 is 0 Å². The summed E-state index contributed by atoms with van der Waals surface area (Å²) in [6, 6.07) is 16.1. The van der Waals surface area contributed by atoms with Crippen LogP contribution in [0.1, 0.15) is 61.9 Å². The Kier molecular flexibility index (Phi) is 11.4. The van der Waals surface area contributed by atoms with Crippen LogP contribution in [0.15, 0.2) is 94.1 Å². The summed E-state index contributed by atoms with van der Waals surface area (Å²) >= 11 is 0. The van der Waals surface area contributed by atoms with Crippen molar-refractivity contribution in [3.05, 3.63) is 118 Å². The number of aryl methyl sites for hydroxylation is 1. The molecule has 0 amide bonds. The van der Waals surface area contributed by atoms with E-state index in [0.717, 1.165) is 28.5 Å². The fraction of sp³-hybridized carbons (Fsp3) is 0.297. The first-order valence-electron chi connectivity index (χ1n) is 14.4. The third-order valence-electron chi connectivity index (χ3n) is 6.96. The largest absolute Gasteiger partial charge is 0.417 e. The summed E-state index contributed by atoms with van der Waals surface area (Å²) in [5.74, 6) is 1.87. The number of aliphatic imine (C=N–C) groups is 2. The van der Waals surface area contributed by atoms with Gasteiger partial charge in [0.05, 0.1) is 17.2 Å². The fourth-order valence-corrected chi connectivity index (χ4v) is 5.05. The molecule has 3 aromatic rings. The van der Waals surface area contributed by atoms with Crippen molar-refractivity contribution in [1.29, 1.82) is 0 Å². The van der Waals surface area contributed by atoms with Crippen molar-refractivity contribution in [3.8, 4) is 23.5 Å². The molecule has 0 aliphatic carbocycles. The van der Waals surface area contributed by atoms with Crippen molar-refractivity contribution in [2.75, 3.05) is 7.05 Å². The van der Waals surface area contributed by atoms with Crippen LogP contribution in [0.25, 0.3) is 11.1 Å². The lowest BCUT2D eigenvalue weighted by atomic mass is 9.88. The van der Waals surface area contributed by atoms with E-state index >= 15 is 0 Å². The van der Waals surface area contributed by atoms with Crippen LogP contribution >= 0.6 is 0 Å². The maximum absolute atomic E-state index is 14.5. The maximum Gasteiger partial charge on any atom is 0.417 e. The molecule has 0 N–H and O–H groups in total. The standard InChI is InChI=1S/C34H30F4N2.C3H8/c1-6-24-11-14-27(30(19-24)34(36,37)38)26-13-12-25(17-22(26)3)15-21(2)16-32-29(20-39-5)23(4)18-33(40-32)28-9-7-8-10-31(28)35;1-3-2/h1,7-14,16-21,29H,15H2,2-5H3;3H2,1-2H3/b32-16+,39-20?;. The monoisotopic (exact) mass is 586 g/mol. The van der Waals surface area contributed by atoms with Crippen LogP contribution < -0.4 is 0 Å². The molecule has 1 aliphatic rings. The number of nitrogens with zero attached hydrogens (tertiary/aromatic N) is 2. The van der Waals surface area contributed by atoms with E-state index in [1.807, 2.05) is 38.3 Å². The van der Waals surface area contributed by atoms with Crippen LogP contribution in [-0.2, 0) is 12.6 Å². The van der Waals surface area contributed by atoms with Crippen LogP contribution in [0.4, 0.5) is 17.6 Å². The van der Waals surface area contributed by atoms with Gasteiger partial charge in [-0.15, -0.1) is 6.42 Å². The number of benzene rings is 3. The first kappa shape index (κ1) is 33.3. The highest BCUT2D eigenvalue weighted by atomic mass is 19.4. The van der Waals surface area contributed by atoms with Gasteiger partial charge in [0, 0.05) is 30.1 Å². The minimum atomic E-state index is -4.53. The summed E-state index contributed by atoms with van der Waals surface area (Å²) in [4.78, 5) is 9.02. The zero-order valence-electron chi connectivity index (χ0n) is 25.6. The first-order valence-corrected chi connectivity index (χ1v) is 14.4. The molecule has 0 fully saturated rings. The summed E-state index contributed by atoms with van der Waals surface area (Å²) in [5, 5.41) is 0. The minimum Gasteiger partial charge on any atom is -0.300 e. The summed E-state index contributed by atoms with van der Waals surface area (Å²) < 4.78 is 55.9. The smallest absolute Gasteiger partial charge is 0.300 e. The van der Waals surface area contributed by atoms with Gasteiger partial charge in [-0.2, -0.15) is 13.2 Å². The molecule has 3 aromatic carbocycles. The van der Waals surface area contributed by atoms with Gasteiger partial charge in [0.15, 0.2) is 0 Å². The zero-order valence-corrected chi connectivity index (χ0v) is 25.6. The van der Waals surface area contributed by atoms with Crippen molar-refractivity contribution in [2.24, 2.45) is 21.8 Å². The van der Waals surface area contributed by atoms with E-state index in [1.165, 1.54) is 24.6 Å². The highest BCUT2D eigenvalue weighted by Gasteiger charge is 2.34. The third-order valence-corrected chi connectivity index (χ3v) is 6.96. The van der Waals surface area contributed by atoms with E-state index in [2.05, 4.69) is 37.8 Å². The Labute approximate surface area is 253 Å². The van der Waals surface area contributed by atoms with E-state index in [1.54, 1.807) is 31.3 Å². The van der Waals surface area contributed by atoms with Gasteiger partial charge in [0.1, 0.15) is 5.82 Å². The normalized spacial score (nSPS) is 16.7. The predicted molar refractivity (Wildman–Crippen MR) is 171 cm³/mol. The Balaban J connectivity index is 0.00000162. The Bertz CT molecular complexity index is 1600. The molecule has 2 nitrogen and oxygen atoms in total. The van der Waals surface area contributed by atoms with Gasteiger partial charge in [0.25, 0.3) is 0 Å². The van der Waals surface area contributed by atoms with Gasteiger partial charge in [-0.05, 0) is 78.8 Å². The van der Waals surface area contributed by atoms with E-state index in [9.17, 15) is 17.6 Å². The molecule has 0 saturated carbocycles. The molecule has 4 rings (SSSR count). The number of terminal acetylenes is 1. The molecular weight excluding hydrogens is 548 g/mol. The molecule has 1 heterocycles. The predicted octanol–water partition coefficient (Wildman–Crippen LogP) is 10.0. The highest BCUT2D eigenvalue weighted by Crippen LogP contribution is 2.39. The Morgan fingerprint density at radius 2 is 1.67 bits per heavy atom. The Morgan fingerprint density at radius 1 is 1.00 bits per heavy atom. The molecule has 43 heavy (non-hydrogen) atoms.